The predicted octanol–water partition coefficient (Wildman–Crippen LogP) is 2.75. The molecule has 1 aliphatic carbocycles. The molecule has 2 fully saturated rings. The molecule has 2 amide bonds. The van der Waals surface area contributed by atoms with Gasteiger partial charge in [0.1, 0.15) is 5.82 Å². The molecule has 2 bridgehead atoms. The highest BCUT2D eigenvalue weighted by Gasteiger charge is 2.40. The molecule has 0 spiro atoms. The minimum Gasteiger partial charge on any atom is -0.377 e. The second-order valence-corrected chi connectivity index (χ2v) is 7.76. The fourth-order valence-corrected chi connectivity index (χ4v) is 4.63. The number of anilines is 2. The predicted molar refractivity (Wildman–Crippen MR) is 108 cm³/mol. The van der Waals surface area contributed by atoms with Crippen LogP contribution in [-0.4, -0.2) is 48.3 Å². The first kappa shape index (κ1) is 17.4. The van der Waals surface area contributed by atoms with E-state index >= 15 is 0 Å². The van der Waals surface area contributed by atoms with Crippen molar-refractivity contribution >= 4 is 17.5 Å². The largest absolute Gasteiger partial charge is 0.377 e. The Labute approximate surface area is 164 Å². The van der Waals surface area contributed by atoms with Crippen LogP contribution in [0.1, 0.15) is 30.5 Å². The zero-order valence-electron chi connectivity index (χ0n) is 16.1. The number of carbonyl (C=O) groups excluding carboxylic acids is 1. The minimum absolute atomic E-state index is 0.230. The molecule has 1 aromatic heterocycles. The van der Waals surface area contributed by atoms with E-state index in [2.05, 4.69) is 15.5 Å². The Morgan fingerprint density at radius 1 is 1.11 bits per heavy atom. The maximum absolute atomic E-state index is 11.5. The molecule has 146 valence electrons. The summed E-state index contributed by atoms with van der Waals surface area (Å²) in [6.45, 7) is 1.59. The fraction of sp³-hybridized carbons (Fsp3) is 0.476. The van der Waals surface area contributed by atoms with Crippen LogP contribution in [0.15, 0.2) is 24.3 Å². The Morgan fingerprint density at radius 2 is 1.86 bits per heavy atom. The molecule has 2 aliphatic heterocycles. The van der Waals surface area contributed by atoms with Crippen molar-refractivity contribution in [2.24, 2.45) is 0 Å². The lowest BCUT2D eigenvalue weighted by atomic mass is 10.1. The number of carbonyl (C=O) groups is 1. The lowest BCUT2D eigenvalue weighted by Crippen LogP contribution is -2.46. The molecule has 2 saturated heterocycles. The van der Waals surface area contributed by atoms with Crippen molar-refractivity contribution in [3.8, 4) is 11.4 Å². The van der Waals surface area contributed by atoms with Crippen LogP contribution in [-0.2, 0) is 17.6 Å². The summed E-state index contributed by atoms with van der Waals surface area (Å²) in [5, 5.41) is 5.34. The molecule has 2 N–H and O–H groups in total. The van der Waals surface area contributed by atoms with E-state index in [1.807, 2.05) is 24.3 Å². The number of nitrogens with one attached hydrogen (secondary N) is 2. The lowest BCUT2D eigenvalue weighted by Gasteiger charge is -2.36. The van der Waals surface area contributed by atoms with Crippen molar-refractivity contribution in [2.75, 3.05) is 30.5 Å². The van der Waals surface area contributed by atoms with E-state index in [9.17, 15) is 4.79 Å². The highest BCUT2D eigenvalue weighted by Crippen LogP contribution is 2.39. The van der Waals surface area contributed by atoms with E-state index in [0.717, 1.165) is 55.4 Å². The Bertz CT molecular complexity index is 882. The number of hydrogen-bond donors (Lipinski definition) is 2. The number of aromatic nitrogens is 2. The second-order valence-electron chi connectivity index (χ2n) is 7.76. The molecule has 2 unspecified atom stereocenters. The average Bonchev–Trinajstić information content (AvgIpc) is 3.29. The van der Waals surface area contributed by atoms with Crippen LogP contribution in [0, 0.1) is 0 Å². The Kier molecular flexibility index (Phi) is 4.39. The number of amides is 2. The molecule has 28 heavy (non-hydrogen) atoms. The van der Waals surface area contributed by atoms with Crippen LogP contribution in [0.4, 0.5) is 16.3 Å². The number of morpholine rings is 1. The third kappa shape index (κ3) is 2.99. The SMILES string of the molecule is CNC(=O)Nc1ccc(-c2nc3c(c(N4C5CCC4COC5)n2)CCC3)cc1. The fourth-order valence-electron chi connectivity index (χ4n) is 4.63. The zero-order valence-corrected chi connectivity index (χ0v) is 16.1. The van der Waals surface area contributed by atoms with Gasteiger partial charge in [0.2, 0.25) is 0 Å². The molecular formula is C21H25N5O2. The van der Waals surface area contributed by atoms with Gasteiger partial charge in [0.15, 0.2) is 5.82 Å². The summed E-state index contributed by atoms with van der Waals surface area (Å²) >= 11 is 0. The Hall–Kier alpha value is -2.67. The first-order chi connectivity index (χ1) is 13.7. The van der Waals surface area contributed by atoms with E-state index in [4.69, 9.17) is 14.7 Å². The van der Waals surface area contributed by atoms with Crippen LogP contribution in [0.5, 0.6) is 0 Å². The molecule has 7 heteroatoms. The number of hydrogen-bond acceptors (Lipinski definition) is 5. The summed E-state index contributed by atoms with van der Waals surface area (Å²) in [4.78, 5) is 23.9. The summed E-state index contributed by atoms with van der Waals surface area (Å²) in [6.07, 6.45) is 5.59. The van der Waals surface area contributed by atoms with E-state index in [1.54, 1.807) is 7.05 Å². The first-order valence-corrected chi connectivity index (χ1v) is 10.1. The van der Waals surface area contributed by atoms with Crippen molar-refractivity contribution in [2.45, 2.75) is 44.2 Å². The Balaban J connectivity index is 1.50. The van der Waals surface area contributed by atoms with Gasteiger partial charge in [-0.15, -0.1) is 0 Å². The van der Waals surface area contributed by atoms with Gasteiger partial charge in [0.05, 0.1) is 25.3 Å². The summed E-state index contributed by atoms with van der Waals surface area (Å²) in [6, 6.07) is 8.36. The van der Waals surface area contributed by atoms with E-state index < -0.39 is 0 Å². The molecule has 0 radical (unpaired) electrons. The number of rotatable bonds is 3. The highest BCUT2D eigenvalue weighted by atomic mass is 16.5. The number of fused-ring (bicyclic) bond motifs is 3. The van der Waals surface area contributed by atoms with Crippen LogP contribution in [0.25, 0.3) is 11.4 Å². The molecule has 2 aromatic rings. The van der Waals surface area contributed by atoms with Gasteiger partial charge in [0, 0.05) is 29.6 Å². The maximum atomic E-state index is 11.5. The van der Waals surface area contributed by atoms with E-state index in [-0.39, 0.29) is 6.03 Å². The Morgan fingerprint density at radius 3 is 2.57 bits per heavy atom. The lowest BCUT2D eigenvalue weighted by molar-refractivity contribution is 0.0901. The topological polar surface area (TPSA) is 79.4 Å². The van der Waals surface area contributed by atoms with Gasteiger partial charge >= 0.3 is 6.03 Å². The van der Waals surface area contributed by atoms with Crippen LogP contribution in [0.2, 0.25) is 0 Å². The van der Waals surface area contributed by atoms with Crippen molar-refractivity contribution in [3.05, 3.63) is 35.5 Å². The van der Waals surface area contributed by atoms with Gasteiger partial charge < -0.3 is 20.3 Å². The highest BCUT2D eigenvalue weighted by molar-refractivity contribution is 5.89. The third-order valence-corrected chi connectivity index (χ3v) is 6.02. The minimum atomic E-state index is -0.230. The van der Waals surface area contributed by atoms with Crippen molar-refractivity contribution < 1.29 is 9.53 Å². The number of benzene rings is 1. The summed E-state index contributed by atoms with van der Waals surface area (Å²) in [5.41, 5.74) is 4.24. The van der Waals surface area contributed by atoms with E-state index in [0.29, 0.717) is 12.1 Å². The number of aryl methyl sites for hydroxylation is 1. The van der Waals surface area contributed by atoms with Gasteiger partial charge in [-0.25, -0.2) is 14.8 Å². The molecule has 2 atom stereocenters. The normalized spacial score (nSPS) is 22.8. The summed E-state index contributed by atoms with van der Waals surface area (Å²) in [5.74, 6) is 1.90. The monoisotopic (exact) mass is 379 g/mol. The molecule has 0 saturated carbocycles. The van der Waals surface area contributed by atoms with Crippen molar-refractivity contribution in [1.29, 1.82) is 0 Å². The van der Waals surface area contributed by atoms with Gasteiger partial charge in [-0.05, 0) is 56.4 Å². The summed E-state index contributed by atoms with van der Waals surface area (Å²) in [7, 11) is 1.60. The van der Waals surface area contributed by atoms with Crippen molar-refractivity contribution in [1.82, 2.24) is 15.3 Å². The van der Waals surface area contributed by atoms with Crippen LogP contribution in [0.3, 0.4) is 0 Å². The molecular weight excluding hydrogens is 354 g/mol. The van der Waals surface area contributed by atoms with Gasteiger partial charge in [0.25, 0.3) is 0 Å². The number of urea groups is 1. The van der Waals surface area contributed by atoms with Crippen molar-refractivity contribution in [3.63, 3.8) is 0 Å². The molecule has 1 aromatic carbocycles. The first-order valence-electron chi connectivity index (χ1n) is 10.1. The molecule has 3 aliphatic rings. The van der Waals surface area contributed by atoms with Crippen LogP contribution >= 0.6 is 0 Å². The standard InChI is InChI=1S/C21H25N5O2/c1-22-21(27)23-14-7-5-13(6-8-14)19-24-18-4-2-3-17(18)20(25-19)26-15-9-10-16(26)12-28-11-15/h5-8,15-16H,2-4,9-12H2,1H3,(H2,22,23,27). The number of ether oxygens (including phenoxy) is 1. The molecule has 5 rings (SSSR count). The van der Waals surface area contributed by atoms with E-state index in [1.165, 1.54) is 24.1 Å². The number of nitrogens with zero attached hydrogens (tertiary/aromatic N) is 3. The van der Waals surface area contributed by atoms with Gasteiger partial charge in [-0.1, -0.05) is 0 Å². The van der Waals surface area contributed by atoms with Crippen LogP contribution < -0.4 is 15.5 Å². The zero-order chi connectivity index (χ0) is 19.1. The second kappa shape index (κ2) is 7.05. The maximum Gasteiger partial charge on any atom is 0.318 e. The smallest absolute Gasteiger partial charge is 0.318 e. The molecule has 3 heterocycles. The summed E-state index contributed by atoms with van der Waals surface area (Å²) < 4.78 is 5.77. The van der Waals surface area contributed by atoms with Gasteiger partial charge in [-0.3, -0.25) is 0 Å². The molecule has 7 nitrogen and oxygen atoms in total. The average molecular weight is 379 g/mol. The van der Waals surface area contributed by atoms with Gasteiger partial charge in [-0.2, -0.15) is 0 Å². The third-order valence-electron chi connectivity index (χ3n) is 6.02. The quantitative estimate of drug-likeness (QED) is 0.857.